The smallest absolute Gasteiger partial charge is 0.230 e. The van der Waals surface area contributed by atoms with E-state index >= 15 is 0 Å². The molecular formula is C16H21N3O2S. The van der Waals surface area contributed by atoms with Crippen LogP contribution in [0, 0.1) is 6.92 Å². The fraction of sp³-hybridized carbons (Fsp3) is 0.375. The fourth-order valence-corrected chi connectivity index (χ4v) is 2.93. The van der Waals surface area contributed by atoms with E-state index in [0.29, 0.717) is 12.4 Å². The largest absolute Gasteiger partial charge is 0.383 e. The van der Waals surface area contributed by atoms with E-state index in [9.17, 15) is 4.79 Å². The summed E-state index contributed by atoms with van der Waals surface area (Å²) in [6, 6.07) is 8.11. The maximum Gasteiger partial charge on any atom is 0.230 e. The molecule has 0 saturated heterocycles. The third-order valence-corrected chi connectivity index (χ3v) is 4.11. The molecule has 0 fully saturated rings. The molecule has 0 aliphatic carbocycles. The highest BCUT2D eigenvalue weighted by Gasteiger charge is 2.11. The number of benzene rings is 1. The Labute approximate surface area is 135 Å². The molecule has 1 amide bonds. The average Bonchev–Trinajstić information content (AvgIpc) is 2.94. The summed E-state index contributed by atoms with van der Waals surface area (Å²) in [4.78, 5) is 16.3. The van der Waals surface area contributed by atoms with E-state index in [4.69, 9.17) is 4.74 Å². The molecule has 0 spiro atoms. The molecule has 6 heteroatoms. The summed E-state index contributed by atoms with van der Waals surface area (Å²) in [6.07, 6.45) is 3.66. The van der Waals surface area contributed by atoms with Crippen LogP contribution in [0.1, 0.15) is 12.5 Å². The van der Waals surface area contributed by atoms with Crippen LogP contribution in [0.15, 0.2) is 41.8 Å². The molecule has 0 aliphatic heterocycles. The van der Waals surface area contributed by atoms with E-state index in [0.717, 1.165) is 10.8 Å². The topological polar surface area (TPSA) is 56.1 Å². The highest BCUT2D eigenvalue weighted by atomic mass is 32.2. The Hall–Kier alpha value is -1.79. The van der Waals surface area contributed by atoms with Gasteiger partial charge in [-0.05, 0) is 25.5 Å². The molecule has 2 aromatic rings. The summed E-state index contributed by atoms with van der Waals surface area (Å²) in [5.41, 5.74) is 2.25. The minimum absolute atomic E-state index is 0.00853. The zero-order chi connectivity index (χ0) is 15.9. The molecule has 5 nitrogen and oxygen atoms in total. The quantitative estimate of drug-likeness (QED) is 0.796. The van der Waals surface area contributed by atoms with E-state index < -0.39 is 0 Å². The molecule has 1 atom stereocenters. The van der Waals surface area contributed by atoms with Crippen LogP contribution in [0.4, 0.5) is 0 Å². The van der Waals surface area contributed by atoms with Gasteiger partial charge in [0.2, 0.25) is 5.91 Å². The number of carbonyl (C=O) groups excluding carboxylic acids is 1. The first-order valence-corrected chi connectivity index (χ1v) is 8.11. The van der Waals surface area contributed by atoms with Crippen molar-refractivity contribution < 1.29 is 9.53 Å². The second-order valence-corrected chi connectivity index (χ2v) is 6.02. The predicted octanol–water partition coefficient (Wildman–Crippen LogP) is 2.42. The number of ether oxygens (including phenoxy) is 1. The standard InChI is InChI=1S/C16H21N3O2S/c1-12-6-4-5-7-14(12)19-9-8-17-16(19)22-11-15(20)18-13(2)10-21-3/h4-9,13H,10-11H2,1-3H3,(H,18,20)/t13-/m1/s1. The second kappa shape index (κ2) is 8.00. The average molecular weight is 319 g/mol. The van der Waals surface area contributed by atoms with Crippen LogP contribution in [-0.2, 0) is 9.53 Å². The Morgan fingerprint density at radius 3 is 2.95 bits per heavy atom. The van der Waals surface area contributed by atoms with Crippen molar-refractivity contribution in [3.63, 3.8) is 0 Å². The van der Waals surface area contributed by atoms with Gasteiger partial charge in [-0.3, -0.25) is 9.36 Å². The van der Waals surface area contributed by atoms with E-state index in [-0.39, 0.29) is 11.9 Å². The Morgan fingerprint density at radius 2 is 2.23 bits per heavy atom. The van der Waals surface area contributed by atoms with Gasteiger partial charge in [0.1, 0.15) is 0 Å². The molecule has 118 valence electrons. The summed E-state index contributed by atoms with van der Waals surface area (Å²) in [5.74, 6) is 0.311. The molecule has 0 saturated carbocycles. The zero-order valence-electron chi connectivity index (χ0n) is 13.1. The third-order valence-electron chi connectivity index (χ3n) is 3.14. The number of para-hydroxylation sites is 1. The Bertz CT molecular complexity index is 627. The summed E-state index contributed by atoms with van der Waals surface area (Å²) < 4.78 is 7.01. The van der Waals surface area contributed by atoms with E-state index in [1.807, 2.05) is 35.9 Å². The zero-order valence-corrected chi connectivity index (χ0v) is 13.9. The number of carbonyl (C=O) groups is 1. The maximum absolute atomic E-state index is 11.9. The first-order chi connectivity index (χ1) is 10.6. The lowest BCUT2D eigenvalue weighted by atomic mass is 10.2. The summed E-state index contributed by atoms with van der Waals surface area (Å²) in [5, 5.41) is 3.70. The van der Waals surface area contributed by atoms with Crippen molar-refractivity contribution >= 4 is 17.7 Å². The van der Waals surface area contributed by atoms with E-state index in [1.54, 1.807) is 13.3 Å². The number of thioether (sulfide) groups is 1. The van der Waals surface area contributed by atoms with Gasteiger partial charge in [-0.25, -0.2) is 4.98 Å². The van der Waals surface area contributed by atoms with Crippen molar-refractivity contribution in [1.82, 2.24) is 14.9 Å². The fourth-order valence-electron chi connectivity index (χ4n) is 2.15. The van der Waals surface area contributed by atoms with Crippen molar-refractivity contribution in [2.75, 3.05) is 19.5 Å². The molecular weight excluding hydrogens is 298 g/mol. The van der Waals surface area contributed by atoms with E-state index in [2.05, 4.69) is 23.3 Å². The van der Waals surface area contributed by atoms with Crippen LogP contribution >= 0.6 is 11.8 Å². The lowest BCUT2D eigenvalue weighted by Gasteiger charge is -2.13. The number of imidazole rings is 1. The van der Waals surface area contributed by atoms with Crippen molar-refractivity contribution in [2.45, 2.75) is 25.0 Å². The van der Waals surface area contributed by atoms with Crippen LogP contribution in [0.3, 0.4) is 0 Å². The molecule has 1 aromatic heterocycles. The van der Waals surface area contributed by atoms with Gasteiger partial charge in [0.15, 0.2) is 5.16 Å². The Balaban J connectivity index is 1.99. The number of rotatable bonds is 7. The number of nitrogens with zero attached hydrogens (tertiary/aromatic N) is 2. The summed E-state index contributed by atoms with van der Waals surface area (Å²) in [6.45, 7) is 4.48. The minimum Gasteiger partial charge on any atom is -0.383 e. The van der Waals surface area contributed by atoms with Gasteiger partial charge in [-0.15, -0.1) is 0 Å². The molecule has 0 aliphatic rings. The van der Waals surface area contributed by atoms with Crippen LogP contribution in [0.25, 0.3) is 5.69 Å². The van der Waals surface area contributed by atoms with Gasteiger partial charge in [-0.1, -0.05) is 30.0 Å². The SMILES string of the molecule is COC[C@@H](C)NC(=O)CSc1nccn1-c1ccccc1C. The molecule has 0 unspecified atom stereocenters. The summed E-state index contributed by atoms with van der Waals surface area (Å²) in [7, 11) is 1.62. The number of amides is 1. The summed E-state index contributed by atoms with van der Waals surface area (Å²) >= 11 is 1.42. The van der Waals surface area contributed by atoms with Crippen molar-refractivity contribution in [3.8, 4) is 5.69 Å². The van der Waals surface area contributed by atoms with Crippen LogP contribution < -0.4 is 5.32 Å². The van der Waals surface area contributed by atoms with Crippen molar-refractivity contribution in [2.24, 2.45) is 0 Å². The number of hydrogen-bond acceptors (Lipinski definition) is 4. The van der Waals surface area contributed by atoms with Gasteiger partial charge in [-0.2, -0.15) is 0 Å². The lowest BCUT2D eigenvalue weighted by molar-refractivity contribution is -0.119. The second-order valence-electron chi connectivity index (χ2n) is 5.08. The number of methoxy groups -OCH3 is 1. The monoisotopic (exact) mass is 319 g/mol. The minimum atomic E-state index is -0.0196. The van der Waals surface area contributed by atoms with Crippen LogP contribution in [0.2, 0.25) is 0 Å². The highest BCUT2D eigenvalue weighted by molar-refractivity contribution is 7.99. The number of hydrogen-bond donors (Lipinski definition) is 1. The van der Waals surface area contributed by atoms with E-state index in [1.165, 1.54) is 17.3 Å². The molecule has 22 heavy (non-hydrogen) atoms. The van der Waals surface area contributed by atoms with Crippen molar-refractivity contribution in [3.05, 3.63) is 42.2 Å². The molecule has 0 radical (unpaired) electrons. The third kappa shape index (κ3) is 4.35. The highest BCUT2D eigenvalue weighted by Crippen LogP contribution is 2.22. The first kappa shape index (κ1) is 16.6. The van der Waals surface area contributed by atoms with Crippen molar-refractivity contribution in [1.29, 1.82) is 0 Å². The van der Waals surface area contributed by atoms with Gasteiger partial charge >= 0.3 is 0 Å². The maximum atomic E-state index is 11.9. The first-order valence-electron chi connectivity index (χ1n) is 7.12. The number of aromatic nitrogens is 2. The molecule has 1 heterocycles. The normalized spacial score (nSPS) is 12.1. The van der Waals surface area contributed by atoms with Crippen LogP contribution in [-0.4, -0.2) is 41.0 Å². The molecule has 1 aromatic carbocycles. The van der Waals surface area contributed by atoms with Gasteiger partial charge < -0.3 is 10.1 Å². The van der Waals surface area contributed by atoms with Gasteiger partial charge in [0.05, 0.1) is 18.0 Å². The Kier molecular flexibility index (Phi) is 6.03. The number of aryl methyl sites for hydroxylation is 1. The predicted molar refractivity (Wildman–Crippen MR) is 88.5 cm³/mol. The van der Waals surface area contributed by atoms with Gasteiger partial charge in [0, 0.05) is 25.5 Å². The van der Waals surface area contributed by atoms with Gasteiger partial charge in [0.25, 0.3) is 0 Å². The molecule has 2 rings (SSSR count). The molecule has 1 N–H and O–H groups in total. The molecule has 0 bridgehead atoms. The number of nitrogens with one attached hydrogen (secondary N) is 1. The Morgan fingerprint density at radius 1 is 1.45 bits per heavy atom. The lowest BCUT2D eigenvalue weighted by Crippen LogP contribution is -2.36. The van der Waals surface area contributed by atoms with Crippen LogP contribution in [0.5, 0.6) is 0 Å².